The van der Waals surface area contributed by atoms with E-state index >= 15 is 0 Å². The number of rotatable bonds is 3. The number of aromatic nitrogens is 4. The fourth-order valence-electron chi connectivity index (χ4n) is 4.09. The molecular weight excluding hydrogens is 368 g/mol. The van der Waals surface area contributed by atoms with Crippen molar-refractivity contribution in [2.75, 3.05) is 13.1 Å². The van der Waals surface area contributed by atoms with Gasteiger partial charge in [-0.3, -0.25) is 14.7 Å². The average molecular weight is 396 g/mol. The number of carbonyl (C=O) groups excluding carboxylic acids is 2. The smallest absolute Gasteiger partial charge is 0.274 e. The Morgan fingerprint density at radius 2 is 2.07 bits per heavy atom. The summed E-state index contributed by atoms with van der Waals surface area (Å²) < 4.78 is 0. The molecule has 0 saturated carbocycles. The lowest BCUT2D eigenvalue weighted by Gasteiger charge is -2.35. The van der Waals surface area contributed by atoms with E-state index in [9.17, 15) is 9.59 Å². The molecule has 0 radical (unpaired) electrons. The highest BCUT2D eigenvalue weighted by molar-refractivity contribution is 5.92. The van der Waals surface area contributed by atoms with Gasteiger partial charge in [0.25, 0.3) is 5.91 Å². The van der Waals surface area contributed by atoms with Gasteiger partial charge in [-0.25, -0.2) is 9.97 Å². The van der Waals surface area contributed by atoms with Crippen molar-refractivity contribution in [2.24, 2.45) is 0 Å². The zero-order valence-electron chi connectivity index (χ0n) is 17.3. The fraction of sp³-hybridized carbons (Fsp3) is 0.571. The Balaban J connectivity index is 1.57. The maximum Gasteiger partial charge on any atom is 0.274 e. The van der Waals surface area contributed by atoms with Crippen LogP contribution >= 0.6 is 0 Å². The molecule has 4 heterocycles. The van der Waals surface area contributed by atoms with Crippen LogP contribution in [0.4, 0.5) is 0 Å². The molecule has 0 aromatic carbocycles. The summed E-state index contributed by atoms with van der Waals surface area (Å²) in [6.07, 6.45) is 5.43. The summed E-state index contributed by atoms with van der Waals surface area (Å²) in [6, 6.07) is 1.72. The number of piperidine rings is 1. The van der Waals surface area contributed by atoms with E-state index in [1.54, 1.807) is 6.92 Å². The molecule has 1 fully saturated rings. The second-order valence-corrected chi connectivity index (χ2v) is 8.26. The number of amides is 2. The van der Waals surface area contributed by atoms with Crippen molar-refractivity contribution in [3.63, 3.8) is 0 Å². The van der Waals surface area contributed by atoms with Crippen molar-refractivity contribution in [1.29, 1.82) is 0 Å². The summed E-state index contributed by atoms with van der Waals surface area (Å²) in [7, 11) is 0. The molecule has 154 valence electrons. The standard InChI is InChI=1S/C21H28N6O2/c1-13(2)17-10-18(25-24-17)21(29)27-8-5-4-6-19(27)20-22-11-15-12-26(14(3)28)9-7-16(15)23-20/h10-11,13,19H,4-9,12H2,1-3H3,(H,24,25)/t19-/m1/s1. The highest BCUT2D eigenvalue weighted by Gasteiger charge is 2.32. The van der Waals surface area contributed by atoms with E-state index in [0.717, 1.165) is 42.6 Å². The monoisotopic (exact) mass is 396 g/mol. The minimum Gasteiger partial charge on any atom is -0.338 e. The fourth-order valence-corrected chi connectivity index (χ4v) is 4.09. The molecule has 0 bridgehead atoms. The first-order chi connectivity index (χ1) is 13.9. The molecule has 2 aliphatic heterocycles. The van der Waals surface area contributed by atoms with Crippen LogP contribution in [0.1, 0.15) is 85.3 Å². The van der Waals surface area contributed by atoms with E-state index in [1.165, 1.54) is 0 Å². The average Bonchev–Trinajstić information content (AvgIpc) is 3.23. The maximum atomic E-state index is 13.2. The SMILES string of the molecule is CC(=O)N1CCc2nc([C@H]3CCCCN3C(=O)c3cc(C(C)C)[nH]n3)ncc2C1. The van der Waals surface area contributed by atoms with Gasteiger partial charge < -0.3 is 9.80 Å². The number of aromatic amines is 1. The number of likely N-dealkylation sites (tertiary alicyclic amines) is 1. The minimum atomic E-state index is -0.133. The molecule has 1 atom stereocenters. The summed E-state index contributed by atoms with van der Waals surface area (Å²) in [5.74, 6) is 0.998. The third-order valence-electron chi connectivity index (χ3n) is 5.90. The van der Waals surface area contributed by atoms with Gasteiger partial charge in [0.1, 0.15) is 5.69 Å². The van der Waals surface area contributed by atoms with Gasteiger partial charge in [-0.1, -0.05) is 13.8 Å². The van der Waals surface area contributed by atoms with E-state index in [0.29, 0.717) is 37.1 Å². The van der Waals surface area contributed by atoms with E-state index in [-0.39, 0.29) is 17.9 Å². The van der Waals surface area contributed by atoms with Crippen LogP contribution < -0.4 is 0 Å². The van der Waals surface area contributed by atoms with Gasteiger partial charge in [0.15, 0.2) is 5.82 Å². The Kier molecular flexibility index (Phi) is 5.34. The molecule has 1 saturated heterocycles. The molecular formula is C21H28N6O2. The summed E-state index contributed by atoms with van der Waals surface area (Å²) in [5, 5.41) is 7.21. The highest BCUT2D eigenvalue weighted by atomic mass is 16.2. The van der Waals surface area contributed by atoms with Crippen molar-refractivity contribution in [1.82, 2.24) is 30.0 Å². The number of nitrogens with zero attached hydrogens (tertiary/aromatic N) is 5. The van der Waals surface area contributed by atoms with Crippen molar-refractivity contribution >= 4 is 11.8 Å². The predicted molar refractivity (Wildman–Crippen MR) is 107 cm³/mol. The van der Waals surface area contributed by atoms with Crippen molar-refractivity contribution in [3.8, 4) is 0 Å². The maximum absolute atomic E-state index is 13.2. The Hall–Kier alpha value is -2.77. The number of nitrogens with one attached hydrogen (secondary N) is 1. The van der Waals surface area contributed by atoms with Gasteiger partial charge in [0, 0.05) is 50.4 Å². The molecule has 4 rings (SSSR count). The number of H-pyrrole nitrogens is 1. The van der Waals surface area contributed by atoms with Crippen LogP contribution in [0.15, 0.2) is 12.3 Å². The molecule has 2 aromatic heterocycles. The lowest BCUT2D eigenvalue weighted by atomic mass is 9.99. The summed E-state index contributed by atoms with van der Waals surface area (Å²) >= 11 is 0. The molecule has 8 heteroatoms. The van der Waals surface area contributed by atoms with E-state index < -0.39 is 0 Å². The molecule has 29 heavy (non-hydrogen) atoms. The number of hydrogen-bond donors (Lipinski definition) is 1. The van der Waals surface area contributed by atoms with Gasteiger partial charge in [-0.05, 0) is 31.2 Å². The number of hydrogen-bond acceptors (Lipinski definition) is 5. The lowest BCUT2D eigenvalue weighted by molar-refractivity contribution is -0.129. The molecule has 0 spiro atoms. The van der Waals surface area contributed by atoms with Crippen LogP contribution in [0.25, 0.3) is 0 Å². The quantitative estimate of drug-likeness (QED) is 0.860. The van der Waals surface area contributed by atoms with Gasteiger partial charge in [-0.2, -0.15) is 5.10 Å². The minimum absolute atomic E-state index is 0.0677. The van der Waals surface area contributed by atoms with Crippen LogP contribution in [0.5, 0.6) is 0 Å². The first-order valence-corrected chi connectivity index (χ1v) is 10.4. The van der Waals surface area contributed by atoms with Crippen LogP contribution in [-0.2, 0) is 17.8 Å². The largest absolute Gasteiger partial charge is 0.338 e. The summed E-state index contributed by atoms with van der Waals surface area (Å²) in [5.41, 5.74) is 3.41. The van der Waals surface area contributed by atoms with Crippen LogP contribution in [-0.4, -0.2) is 54.9 Å². The van der Waals surface area contributed by atoms with Crippen molar-refractivity contribution in [2.45, 2.75) is 65.0 Å². The second-order valence-electron chi connectivity index (χ2n) is 8.26. The third-order valence-corrected chi connectivity index (χ3v) is 5.90. The second kappa shape index (κ2) is 7.93. The first-order valence-electron chi connectivity index (χ1n) is 10.4. The normalized spacial score (nSPS) is 19.4. The Labute approximate surface area is 170 Å². The van der Waals surface area contributed by atoms with E-state index in [1.807, 2.05) is 22.1 Å². The number of fused-ring (bicyclic) bond motifs is 1. The Bertz CT molecular complexity index is 922. The van der Waals surface area contributed by atoms with Gasteiger partial charge in [-0.15, -0.1) is 0 Å². The molecule has 2 amide bonds. The zero-order valence-corrected chi connectivity index (χ0v) is 17.3. The highest BCUT2D eigenvalue weighted by Crippen LogP contribution is 2.31. The molecule has 2 aromatic rings. The topological polar surface area (TPSA) is 95.1 Å². The predicted octanol–water partition coefficient (Wildman–Crippen LogP) is 2.60. The zero-order chi connectivity index (χ0) is 20.5. The lowest BCUT2D eigenvalue weighted by Crippen LogP contribution is -2.40. The number of carbonyl (C=O) groups is 2. The molecule has 1 N–H and O–H groups in total. The molecule has 2 aliphatic rings. The van der Waals surface area contributed by atoms with Gasteiger partial charge in [0.2, 0.25) is 5.91 Å². The first kappa shape index (κ1) is 19.5. The summed E-state index contributed by atoms with van der Waals surface area (Å²) in [6.45, 7) is 7.65. The van der Waals surface area contributed by atoms with Crippen LogP contribution in [0.2, 0.25) is 0 Å². The molecule has 0 unspecified atom stereocenters. The third kappa shape index (κ3) is 3.88. The summed E-state index contributed by atoms with van der Waals surface area (Å²) in [4.78, 5) is 37.9. The van der Waals surface area contributed by atoms with Crippen molar-refractivity contribution in [3.05, 3.63) is 40.7 Å². The van der Waals surface area contributed by atoms with Crippen molar-refractivity contribution < 1.29 is 9.59 Å². The van der Waals surface area contributed by atoms with E-state index in [2.05, 4.69) is 29.0 Å². The van der Waals surface area contributed by atoms with Gasteiger partial charge in [0.05, 0.1) is 11.7 Å². The van der Waals surface area contributed by atoms with Gasteiger partial charge >= 0.3 is 0 Å². The Morgan fingerprint density at radius 3 is 2.79 bits per heavy atom. The molecule has 0 aliphatic carbocycles. The van der Waals surface area contributed by atoms with Crippen LogP contribution in [0.3, 0.4) is 0 Å². The molecule has 8 nitrogen and oxygen atoms in total. The van der Waals surface area contributed by atoms with Crippen LogP contribution in [0, 0.1) is 0 Å². The van der Waals surface area contributed by atoms with E-state index in [4.69, 9.17) is 4.98 Å². The Morgan fingerprint density at radius 1 is 1.24 bits per heavy atom.